The van der Waals surface area contributed by atoms with Gasteiger partial charge >= 0.3 is 0 Å². The highest BCUT2D eigenvalue weighted by atomic mass is 32.2. The Labute approximate surface area is 123 Å². The van der Waals surface area contributed by atoms with E-state index in [0.717, 1.165) is 5.56 Å². The van der Waals surface area contributed by atoms with Gasteiger partial charge in [0.15, 0.2) is 0 Å². The third kappa shape index (κ3) is 4.27. The molecule has 0 unspecified atom stereocenters. The predicted octanol–water partition coefficient (Wildman–Crippen LogP) is 1.57. The fourth-order valence-corrected chi connectivity index (χ4v) is 2.74. The quantitative estimate of drug-likeness (QED) is 0.834. The lowest BCUT2D eigenvalue weighted by Crippen LogP contribution is -2.25. The van der Waals surface area contributed by atoms with Gasteiger partial charge < -0.3 is 9.26 Å². The monoisotopic (exact) mass is 311 g/mol. The number of benzene rings is 1. The molecule has 0 aliphatic carbocycles. The van der Waals surface area contributed by atoms with Gasteiger partial charge in [-0.3, -0.25) is 0 Å². The standard InChI is InChI=1S/C13H17N3O4S/c1-3-7-21(17,18)14-9-12-15-13(16-20-12)10-5-4-6-11(8-10)19-2/h4-6,8,14H,3,7,9H2,1-2H3. The number of hydrogen-bond acceptors (Lipinski definition) is 6. The van der Waals surface area contributed by atoms with Gasteiger partial charge in [0, 0.05) is 5.56 Å². The first kappa shape index (κ1) is 15.5. The van der Waals surface area contributed by atoms with Crippen LogP contribution in [0.25, 0.3) is 11.4 Å². The van der Waals surface area contributed by atoms with E-state index in [1.165, 1.54) is 0 Å². The number of nitrogens with zero attached hydrogens (tertiary/aromatic N) is 2. The maximum atomic E-state index is 11.5. The number of ether oxygens (including phenoxy) is 1. The van der Waals surface area contributed by atoms with Crippen molar-refractivity contribution in [2.45, 2.75) is 19.9 Å². The van der Waals surface area contributed by atoms with Crippen LogP contribution in [-0.4, -0.2) is 31.4 Å². The fraction of sp³-hybridized carbons (Fsp3) is 0.385. The molecule has 2 rings (SSSR count). The topological polar surface area (TPSA) is 94.3 Å². The Morgan fingerprint density at radius 2 is 2.19 bits per heavy atom. The summed E-state index contributed by atoms with van der Waals surface area (Å²) in [7, 11) is -1.72. The van der Waals surface area contributed by atoms with Crippen LogP contribution < -0.4 is 9.46 Å². The molecule has 1 aromatic heterocycles. The molecule has 114 valence electrons. The maximum Gasteiger partial charge on any atom is 0.242 e. The number of methoxy groups -OCH3 is 1. The average Bonchev–Trinajstić information content (AvgIpc) is 2.94. The molecule has 0 atom stereocenters. The minimum absolute atomic E-state index is 0.0146. The molecular formula is C13H17N3O4S. The van der Waals surface area contributed by atoms with Crippen molar-refractivity contribution in [2.24, 2.45) is 0 Å². The van der Waals surface area contributed by atoms with Crippen LogP contribution in [0.1, 0.15) is 19.2 Å². The predicted molar refractivity (Wildman–Crippen MR) is 77.2 cm³/mol. The van der Waals surface area contributed by atoms with Gasteiger partial charge in [0.1, 0.15) is 5.75 Å². The lowest BCUT2D eigenvalue weighted by Gasteiger charge is -2.01. The first-order chi connectivity index (χ1) is 10.0. The third-order valence-electron chi connectivity index (χ3n) is 2.71. The summed E-state index contributed by atoms with van der Waals surface area (Å²) in [6.45, 7) is 1.78. The maximum absolute atomic E-state index is 11.5. The lowest BCUT2D eigenvalue weighted by atomic mass is 10.2. The van der Waals surface area contributed by atoms with E-state index in [9.17, 15) is 8.42 Å². The first-order valence-corrected chi connectivity index (χ1v) is 8.13. The Kier molecular flexibility index (Phi) is 4.92. The zero-order chi connectivity index (χ0) is 15.3. The summed E-state index contributed by atoms with van der Waals surface area (Å²) in [6.07, 6.45) is 0.550. The fourth-order valence-electron chi connectivity index (χ4n) is 1.72. The van der Waals surface area contributed by atoms with Crippen LogP contribution in [-0.2, 0) is 16.6 Å². The number of sulfonamides is 1. The van der Waals surface area contributed by atoms with Crippen molar-refractivity contribution >= 4 is 10.0 Å². The van der Waals surface area contributed by atoms with Crippen LogP contribution in [0.2, 0.25) is 0 Å². The molecule has 21 heavy (non-hydrogen) atoms. The van der Waals surface area contributed by atoms with Crippen molar-refractivity contribution in [1.82, 2.24) is 14.9 Å². The Morgan fingerprint density at radius 3 is 2.90 bits per heavy atom. The molecular weight excluding hydrogens is 294 g/mol. The van der Waals surface area contributed by atoms with Gasteiger partial charge in [-0.1, -0.05) is 24.2 Å². The molecule has 0 amide bonds. The lowest BCUT2D eigenvalue weighted by molar-refractivity contribution is 0.376. The molecule has 0 fully saturated rings. The summed E-state index contributed by atoms with van der Waals surface area (Å²) in [5.41, 5.74) is 0.737. The van der Waals surface area contributed by atoms with Gasteiger partial charge in [-0.15, -0.1) is 0 Å². The zero-order valence-corrected chi connectivity index (χ0v) is 12.7. The van der Waals surface area contributed by atoms with Crippen LogP contribution in [0, 0.1) is 0 Å². The van der Waals surface area contributed by atoms with E-state index in [1.807, 2.05) is 18.2 Å². The third-order valence-corrected chi connectivity index (χ3v) is 4.24. The number of nitrogens with one attached hydrogen (secondary N) is 1. The van der Waals surface area contributed by atoms with E-state index in [0.29, 0.717) is 18.0 Å². The van der Waals surface area contributed by atoms with E-state index in [-0.39, 0.29) is 18.2 Å². The summed E-state index contributed by atoms with van der Waals surface area (Å²) in [5.74, 6) is 1.36. The van der Waals surface area contributed by atoms with Crippen LogP contribution in [0.15, 0.2) is 28.8 Å². The van der Waals surface area contributed by atoms with Crippen LogP contribution in [0.3, 0.4) is 0 Å². The van der Waals surface area contributed by atoms with Gasteiger partial charge in [0.05, 0.1) is 19.4 Å². The van der Waals surface area contributed by atoms with Crippen LogP contribution in [0.5, 0.6) is 5.75 Å². The van der Waals surface area contributed by atoms with E-state index >= 15 is 0 Å². The minimum Gasteiger partial charge on any atom is -0.497 e. The smallest absolute Gasteiger partial charge is 0.242 e. The molecule has 0 saturated heterocycles. The van der Waals surface area contributed by atoms with Crippen LogP contribution in [0.4, 0.5) is 0 Å². The molecule has 0 bridgehead atoms. The molecule has 0 spiro atoms. The van der Waals surface area contributed by atoms with E-state index < -0.39 is 10.0 Å². The summed E-state index contributed by atoms with van der Waals surface area (Å²) in [5, 5.41) is 3.83. The number of rotatable bonds is 7. The highest BCUT2D eigenvalue weighted by molar-refractivity contribution is 7.89. The van der Waals surface area contributed by atoms with Crippen LogP contribution >= 0.6 is 0 Å². The summed E-state index contributed by atoms with van der Waals surface area (Å²) in [6, 6.07) is 7.21. The van der Waals surface area contributed by atoms with Gasteiger partial charge in [-0.25, -0.2) is 13.1 Å². The molecule has 7 nitrogen and oxygen atoms in total. The average molecular weight is 311 g/mol. The van der Waals surface area contributed by atoms with Gasteiger partial charge in [-0.05, 0) is 18.6 Å². The SMILES string of the molecule is CCCS(=O)(=O)NCc1nc(-c2cccc(OC)c2)no1. The van der Waals surface area contributed by atoms with Crippen molar-refractivity contribution in [3.63, 3.8) is 0 Å². The van der Waals surface area contributed by atoms with Crippen molar-refractivity contribution in [3.8, 4) is 17.1 Å². The minimum atomic E-state index is -3.29. The summed E-state index contributed by atoms with van der Waals surface area (Å²) < 4.78 is 35.7. The molecule has 0 aliphatic rings. The van der Waals surface area contributed by atoms with Crippen molar-refractivity contribution in [3.05, 3.63) is 30.2 Å². The molecule has 8 heteroatoms. The molecule has 0 radical (unpaired) electrons. The van der Waals surface area contributed by atoms with Gasteiger partial charge in [0.2, 0.25) is 21.7 Å². The van der Waals surface area contributed by atoms with Gasteiger partial charge in [0.25, 0.3) is 0 Å². The molecule has 0 saturated carbocycles. The van der Waals surface area contributed by atoms with Crippen molar-refractivity contribution in [1.29, 1.82) is 0 Å². The van der Waals surface area contributed by atoms with E-state index in [1.54, 1.807) is 20.1 Å². The Morgan fingerprint density at radius 1 is 1.38 bits per heavy atom. The second-order valence-electron chi connectivity index (χ2n) is 4.38. The summed E-state index contributed by atoms with van der Waals surface area (Å²) in [4.78, 5) is 4.16. The zero-order valence-electron chi connectivity index (χ0n) is 11.9. The van der Waals surface area contributed by atoms with E-state index in [4.69, 9.17) is 9.26 Å². The normalized spacial score (nSPS) is 11.5. The Bertz CT molecular complexity index is 697. The largest absolute Gasteiger partial charge is 0.497 e. The molecule has 2 aromatic rings. The Hall–Kier alpha value is -1.93. The molecule has 0 aliphatic heterocycles. The highest BCUT2D eigenvalue weighted by Crippen LogP contribution is 2.21. The summed E-state index contributed by atoms with van der Waals surface area (Å²) >= 11 is 0. The molecule has 1 heterocycles. The first-order valence-electron chi connectivity index (χ1n) is 6.48. The second-order valence-corrected chi connectivity index (χ2v) is 6.31. The highest BCUT2D eigenvalue weighted by Gasteiger charge is 2.13. The van der Waals surface area contributed by atoms with Gasteiger partial charge in [-0.2, -0.15) is 4.98 Å². The van der Waals surface area contributed by atoms with Crippen molar-refractivity contribution in [2.75, 3.05) is 12.9 Å². The Balaban J connectivity index is 2.07. The molecule has 1 N–H and O–H groups in total. The number of hydrogen-bond donors (Lipinski definition) is 1. The number of aromatic nitrogens is 2. The molecule has 1 aromatic carbocycles. The van der Waals surface area contributed by atoms with E-state index in [2.05, 4.69) is 14.9 Å². The second kappa shape index (κ2) is 6.68. The van der Waals surface area contributed by atoms with Crippen molar-refractivity contribution < 1.29 is 17.7 Å².